The van der Waals surface area contributed by atoms with E-state index in [1.807, 2.05) is 19.9 Å². The number of hydrogen-bond acceptors (Lipinski definition) is 25. The molecule has 4 aliphatic heterocycles. The number of fused-ring (bicyclic) bond motifs is 7. The minimum atomic E-state index is -2.16. The molecule has 26 nitrogen and oxygen atoms in total. The zero-order chi connectivity index (χ0) is 65.4. The first kappa shape index (κ1) is 70.8. The van der Waals surface area contributed by atoms with E-state index in [1.54, 1.807) is 12.2 Å². The molecule has 89 heavy (non-hydrogen) atoms. The van der Waals surface area contributed by atoms with Crippen LogP contribution in [0.2, 0.25) is 0 Å². The van der Waals surface area contributed by atoms with Crippen molar-refractivity contribution in [2.45, 2.75) is 274 Å². The average molecular weight is 1280 g/mol. The molecule has 5 unspecified atom stereocenters. The maximum Gasteiger partial charge on any atom is 0.335 e. The van der Waals surface area contributed by atoms with Gasteiger partial charge >= 0.3 is 11.9 Å². The molecule has 15 N–H and O–H groups in total. The summed E-state index contributed by atoms with van der Waals surface area (Å²) in [7, 11) is 0. The summed E-state index contributed by atoms with van der Waals surface area (Å²) in [6.07, 6.45) is -27.3. The first-order valence-corrected chi connectivity index (χ1v) is 32.0. The lowest BCUT2D eigenvalue weighted by Crippen LogP contribution is -2.77. The van der Waals surface area contributed by atoms with Crippen LogP contribution in [0.4, 0.5) is 0 Å². The van der Waals surface area contributed by atoms with Crippen molar-refractivity contribution in [2.24, 2.45) is 56.2 Å². The van der Waals surface area contributed by atoms with Gasteiger partial charge in [0.25, 0.3) is 0 Å². The first-order valence-electron chi connectivity index (χ1n) is 32.0. The van der Waals surface area contributed by atoms with Crippen LogP contribution >= 0.6 is 0 Å². The number of hydrogen-bond donors (Lipinski definition) is 15. The minimum absolute atomic E-state index is 0.0415. The molecular weight excluding hydrogens is 1170 g/mol. The maximum absolute atomic E-state index is 13.5. The third-order valence-corrected chi connectivity index (χ3v) is 23.7. The quantitative estimate of drug-likeness (QED) is 0.0341. The topological polar surface area (TPSA) is 421 Å². The second-order valence-corrected chi connectivity index (χ2v) is 29.4. The summed E-state index contributed by atoms with van der Waals surface area (Å²) in [6.45, 7) is 15.3. The zero-order valence-electron chi connectivity index (χ0n) is 52.6. The monoisotopic (exact) mass is 1270 g/mol. The molecule has 0 radical (unpaired) electrons. The van der Waals surface area contributed by atoms with Gasteiger partial charge in [-0.2, -0.15) is 0 Å². The number of esters is 1. The number of carbonyl (C=O) groups is 2. The number of carboxylic acid groups (broad SMARTS) is 1. The number of aliphatic hydroxyl groups excluding tert-OH is 14. The molecule has 0 aromatic heterocycles. The Bertz CT molecular complexity index is 2480. The van der Waals surface area contributed by atoms with Crippen molar-refractivity contribution >= 4 is 11.9 Å². The number of carbonyl (C=O) groups excluding carboxylic acids is 1. The Morgan fingerprint density at radius 1 is 0.573 bits per heavy atom. The highest BCUT2D eigenvalue weighted by molar-refractivity contribution is 5.82. The molecule has 4 saturated heterocycles. The SMILES string of the molecule is CCC/C=C/C=C/C(=O)O[C@H]1CC(C)(C)CC2C3CCC4[C@@]5(C)CC[C@H](O[C@@H]6OC(C(=O)O)[C@@H](O)[C@H](OC[C@@H]7O[C@H](CO)[C@H](O)[C@H](O)[C@H]7O[C@@H]7O[C@@H](C)[C@H](O)[C@@H](O)[C@H]7O)[C@H]6O[C@@H]6O[C@H](CO)[C@@H](O)[C@H](O)[C@H]6O)C(C)(C)C5CC[C@@]4(C)[C@]3(C)[C@@H](O)[C@@H](O)[C@]21CO. The van der Waals surface area contributed by atoms with Gasteiger partial charge in [-0.3, -0.25) is 0 Å². The predicted octanol–water partition coefficient (Wildman–Crippen LogP) is -0.944. The smallest absolute Gasteiger partial charge is 0.335 e. The van der Waals surface area contributed by atoms with E-state index in [0.717, 1.165) is 19.3 Å². The van der Waals surface area contributed by atoms with Crippen LogP contribution in [0.1, 0.15) is 127 Å². The lowest BCUT2D eigenvalue weighted by molar-refractivity contribution is -0.381. The number of unbranched alkanes of at least 4 members (excludes halogenated alkanes) is 1. The van der Waals surface area contributed by atoms with Crippen molar-refractivity contribution in [1.29, 1.82) is 0 Å². The predicted molar refractivity (Wildman–Crippen MR) is 308 cm³/mol. The second-order valence-electron chi connectivity index (χ2n) is 29.4. The Labute approximate surface area is 519 Å². The number of ether oxygens (including phenoxy) is 9. The summed E-state index contributed by atoms with van der Waals surface area (Å²) >= 11 is 0. The van der Waals surface area contributed by atoms with E-state index in [9.17, 15) is 86.2 Å². The van der Waals surface area contributed by atoms with Crippen molar-refractivity contribution in [1.82, 2.24) is 0 Å². The standard InChI is InChI=1S/C63H102O26/c1-10-11-12-13-14-15-38(67)85-37-23-58(3,4)22-30-29-16-17-35-60(7)20-19-36(59(5,6)34(60)18-21-61(35,8)62(29,9)52(77)53(78)63(30,37)27-66)86-57-51(89-56-46(75)43(72)40(69)32(25-65)84-56)49(47(76)50(88-57)54(79)80)81-26-33-48(44(73)41(70)31(24-64)83-33)87-55-45(74)42(71)39(68)28(2)82-55/h12-15,28-37,39-53,55-57,64-66,68-78H,10-11,16-27H2,1-9H3,(H,79,80)/b13-12+,15-14+/t28-,29?,30?,31+,32+,33-,34?,35?,36-,37-,39-,40+,41-,42+,43-,44-,45+,46+,47-,48-,49-,50?,51+,52-,53+,55-,56-,57+,60-,61+,62-,63+/m0/s1. The molecule has 0 aromatic carbocycles. The Morgan fingerprint density at radius 3 is 1.84 bits per heavy atom. The summed E-state index contributed by atoms with van der Waals surface area (Å²) in [5.74, 6) is -2.98. The summed E-state index contributed by atoms with van der Waals surface area (Å²) in [4.78, 5) is 26.7. The van der Waals surface area contributed by atoms with Crippen molar-refractivity contribution < 1.29 is 129 Å². The molecule has 5 aliphatic carbocycles. The molecule has 26 heteroatoms. The highest BCUT2D eigenvalue weighted by Crippen LogP contribution is 2.77. The van der Waals surface area contributed by atoms with Crippen molar-refractivity contribution in [3.63, 3.8) is 0 Å². The molecular formula is C63H102O26. The average Bonchev–Trinajstić information content (AvgIpc) is 0.701. The third-order valence-electron chi connectivity index (χ3n) is 23.7. The fraction of sp³-hybridized carbons (Fsp3) is 0.905. The van der Waals surface area contributed by atoms with Crippen LogP contribution in [0.25, 0.3) is 0 Å². The summed E-state index contributed by atoms with van der Waals surface area (Å²) in [5.41, 5.74) is -4.46. The van der Waals surface area contributed by atoms with Gasteiger partial charge in [0.1, 0.15) is 97.7 Å². The highest BCUT2D eigenvalue weighted by Gasteiger charge is 2.76. The normalized spacial score (nSPS) is 51.4. The van der Waals surface area contributed by atoms with Gasteiger partial charge in [-0.1, -0.05) is 80.0 Å². The van der Waals surface area contributed by atoms with Crippen LogP contribution in [0.3, 0.4) is 0 Å². The first-order chi connectivity index (χ1) is 41.7. The van der Waals surface area contributed by atoms with Gasteiger partial charge in [0.15, 0.2) is 25.0 Å². The zero-order valence-corrected chi connectivity index (χ0v) is 52.6. The second kappa shape index (κ2) is 27.0. The Hall–Kier alpha value is -2.46. The molecule has 9 aliphatic rings. The van der Waals surface area contributed by atoms with Gasteiger partial charge in [-0.25, -0.2) is 9.59 Å². The molecule has 4 heterocycles. The van der Waals surface area contributed by atoms with E-state index in [1.165, 1.54) is 13.0 Å². The van der Waals surface area contributed by atoms with E-state index >= 15 is 0 Å². The van der Waals surface area contributed by atoms with Gasteiger partial charge in [0, 0.05) is 11.5 Å². The highest BCUT2D eigenvalue weighted by atomic mass is 16.8. The van der Waals surface area contributed by atoms with Gasteiger partial charge in [0.05, 0.1) is 56.3 Å². The molecule has 9 rings (SSSR count). The third kappa shape index (κ3) is 12.3. The maximum atomic E-state index is 13.5. The van der Waals surface area contributed by atoms with E-state index in [2.05, 4.69) is 41.5 Å². The Morgan fingerprint density at radius 2 is 1.20 bits per heavy atom. The van der Waals surface area contributed by atoms with E-state index in [4.69, 9.17) is 42.6 Å². The van der Waals surface area contributed by atoms with Crippen LogP contribution in [0.5, 0.6) is 0 Å². The van der Waals surface area contributed by atoms with Crippen molar-refractivity contribution in [3.8, 4) is 0 Å². The largest absolute Gasteiger partial charge is 0.479 e. The fourth-order valence-electron chi connectivity index (χ4n) is 18.7. The van der Waals surface area contributed by atoms with Gasteiger partial charge in [0.2, 0.25) is 0 Å². The van der Waals surface area contributed by atoms with Crippen LogP contribution in [-0.4, -0.2) is 262 Å². The van der Waals surface area contributed by atoms with Gasteiger partial charge in [-0.15, -0.1) is 0 Å². The molecule has 0 aromatic rings. The molecule has 510 valence electrons. The Balaban J connectivity index is 1.01. The number of rotatable bonds is 18. The summed E-state index contributed by atoms with van der Waals surface area (Å²) in [5, 5.41) is 168. The number of allylic oxidation sites excluding steroid dienone is 3. The van der Waals surface area contributed by atoms with Crippen LogP contribution in [-0.2, 0) is 52.2 Å². The van der Waals surface area contributed by atoms with Crippen LogP contribution in [0.15, 0.2) is 24.3 Å². The number of aliphatic carboxylic acids is 1. The van der Waals surface area contributed by atoms with Crippen molar-refractivity contribution in [3.05, 3.63) is 24.3 Å². The minimum Gasteiger partial charge on any atom is -0.479 e. The fourth-order valence-corrected chi connectivity index (χ4v) is 18.7. The number of aliphatic hydroxyl groups is 14. The van der Waals surface area contributed by atoms with Crippen LogP contribution in [0, 0.1) is 56.2 Å². The molecule has 0 amide bonds. The lowest BCUT2D eigenvalue weighted by Gasteiger charge is -2.75. The molecule has 0 bridgehead atoms. The Kier molecular flexibility index (Phi) is 21.5. The van der Waals surface area contributed by atoms with E-state index < -0.39 is 212 Å². The summed E-state index contributed by atoms with van der Waals surface area (Å²) in [6, 6.07) is 0. The lowest BCUT2D eigenvalue weighted by atomic mass is 9.30. The summed E-state index contributed by atoms with van der Waals surface area (Å²) < 4.78 is 55.5. The van der Waals surface area contributed by atoms with Gasteiger partial charge in [-0.05, 0) is 110 Å². The van der Waals surface area contributed by atoms with E-state index in [-0.39, 0.29) is 29.1 Å². The van der Waals surface area contributed by atoms with E-state index in [0.29, 0.717) is 44.9 Å². The van der Waals surface area contributed by atoms with Crippen molar-refractivity contribution in [2.75, 3.05) is 26.4 Å². The molecule has 9 fully saturated rings. The molecule has 32 atom stereocenters. The molecule has 0 spiro atoms. The number of carboxylic acids is 1. The van der Waals surface area contributed by atoms with Gasteiger partial charge < -0.3 is 119 Å². The van der Waals surface area contributed by atoms with Crippen LogP contribution < -0.4 is 0 Å². The molecule has 5 saturated carbocycles.